The van der Waals surface area contributed by atoms with Crippen molar-refractivity contribution in [2.75, 3.05) is 0 Å². The Balaban J connectivity index is 1.44. The summed E-state index contributed by atoms with van der Waals surface area (Å²) in [7, 11) is 0. The van der Waals surface area contributed by atoms with Gasteiger partial charge in [0.2, 0.25) is 0 Å². The first-order valence-corrected chi connectivity index (χ1v) is 8.17. The van der Waals surface area contributed by atoms with Gasteiger partial charge >= 0.3 is 0 Å². The fourth-order valence-corrected chi connectivity index (χ4v) is 5.34. The largest absolute Gasteiger partial charge is 0.309 e. The van der Waals surface area contributed by atoms with E-state index in [0.717, 1.165) is 35.8 Å². The Kier molecular flexibility index (Phi) is 3.10. The average molecular weight is 273 g/mol. The van der Waals surface area contributed by atoms with Crippen molar-refractivity contribution in [1.29, 1.82) is 0 Å². The second kappa shape index (κ2) is 4.84. The third-order valence-corrected chi connectivity index (χ3v) is 6.06. The Labute approximate surface area is 121 Å². The summed E-state index contributed by atoms with van der Waals surface area (Å²) in [6, 6.07) is 5.88. The molecule has 1 nitrogen and oxygen atoms in total. The van der Waals surface area contributed by atoms with Crippen LogP contribution in [0, 0.1) is 36.4 Å². The summed E-state index contributed by atoms with van der Waals surface area (Å²) < 4.78 is 13.2. The highest BCUT2D eigenvalue weighted by molar-refractivity contribution is 5.26. The number of benzene rings is 1. The summed E-state index contributed by atoms with van der Waals surface area (Å²) in [5.74, 6) is 3.76. The van der Waals surface area contributed by atoms with Crippen LogP contribution in [0.3, 0.4) is 0 Å². The van der Waals surface area contributed by atoms with Gasteiger partial charge in [0.25, 0.3) is 0 Å². The molecule has 0 aromatic heterocycles. The van der Waals surface area contributed by atoms with Crippen molar-refractivity contribution in [2.45, 2.75) is 51.6 Å². The summed E-state index contributed by atoms with van der Waals surface area (Å²) in [6.07, 6.45) is 7.32. The van der Waals surface area contributed by atoms with E-state index < -0.39 is 0 Å². The van der Waals surface area contributed by atoms with E-state index in [-0.39, 0.29) is 5.82 Å². The SMILES string of the molecule is Cc1cc(F)ccc1CNC1C2CC3CC(C2)CC1C3. The molecule has 4 fully saturated rings. The Hall–Kier alpha value is -0.890. The minimum atomic E-state index is -0.124. The van der Waals surface area contributed by atoms with Gasteiger partial charge in [0.15, 0.2) is 0 Å². The first-order valence-electron chi connectivity index (χ1n) is 8.17. The number of nitrogens with one attached hydrogen (secondary N) is 1. The van der Waals surface area contributed by atoms with Crippen LogP contribution in [0.4, 0.5) is 4.39 Å². The van der Waals surface area contributed by atoms with Crippen molar-refractivity contribution >= 4 is 0 Å². The van der Waals surface area contributed by atoms with Crippen molar-refractivity contribution in [2.24, 2.45) is 23.7 Å². The quantitative estimate of drug-likeness (QED) is 0.876. The molecule has 0 saturated heterocycles. The molecule has 0 radical (unpaired) electrons. The molecule has 5 rings (SSSR count). The summed E-state index contributed by atoms with van der Waals surface area (Å²) >= 11 is 0. The van der Waals surface area contributed by atoms with Crippen molar-refractivity contribution in [3.8, 4) is 0 Å². The van der Waals surface area contributed by atoms with Crippen LogP contribution in [0.15, 0.2) is 18.2 Å². The van der Waals surface area contributed by atoms with Gasteiger partial charge in [-0.3, -0.25) is 0 Å². The lowest BCUT2D eigenvalue weighted by Gasteiger charge is -2.54. The molecule has 0 amide bonds. The zero-order valence-electron chi connectivity index (χ0n) is 12.2. The maximum absolute atomic E-state index is 13.2. The third kappa shape index (κ3) is 2.18. The maximum Gasteiger partial charge on any atom is 0.123 e. The van der Waals surface area contributed by atoms with Gasteiger partial charge in [-0.2, -0.15) is 0 Å². The first kappa shape index (κ1) is 12.8. The van der Waals surface area contributed by atoms with Gasteiger partial charge in [-0.05, 0) is 86.0 Å². The smallest absolute Gasteiger partial charge is 0.123 e. The Morgan fingerprint density at radius 2 is 1.70 bits per heavy atom. The highest BCUT2D eigenvalue weighted by Crippen LogP contribution is 2.53. The average Bonchev–Trinajstić information content (AvgIpc) is 2.39. The fraction of sp³-hybridized carbons (Fsp3) is 0.667. The van der Waals surface area contributed by atoms with Crippen LogP contribution in [-0.2, 0) is 6.54 Å². The molecular formula is C18H24FN. The number of rotatable bonds is 3. The monoisotopic (exact) mass is 273 g/mol. The van der Waals surface area contributed by atoms with Gasteiger partial charge in [0.1, 0.15) is 5.82 Å². The number of hydrogen-bond donors (Lipinski definition) is 1. The molecule has 1 N–H and O–H groups in total. The fourth-order valence-electron chi connectivity index (χ4n) is 5.34. The third-order valence-electron chi connectivity index (χ3n) is 6.06. The molecule has 4 aliphatic rings. The lowest BCUT2D eigenvalue weighted by molar-refractivity contribution is -0.0142. The van der Waals surface area contributed by atoms with Gasteiger partial charge in [-0.1, -0.05) is 6.07 Å². The van der Waals surface area contributed by atoms with Crippen LogP contribution >= 0.6 is 0 Å². The van der Waals surface area contributed by atoms with Crippen LogP contribution < -0.4 is 5.32 Å². The normalized spacial score (nSPS) is 38.4. The van der Waals surface area contributed by atoms with Crippen molar-refractivity contribution in [1.82, 2.24) is 5.32 Å². The molecule has 2 heteroatoms. The Morgan fingerprint density at radius 1 is 1.05 bits per heavy atom. The van der Waals surface area contributed by atoms with E-state index >= 15 is 0 Å². The summed E-state index contributed by atoms with van der Waals surface area (Å²) in [5, 5.41) is 3.82. The lowest BCUT2D eigenvalue weighted by Crippen LogP contribution is -2.54. The number of aryl methyl sites for hydroxylation is 1. The van der Waals surface area contributed by atoms with E-state index in [0.29, 0.717) is 6.04 Å². The van der Waals surface area contributed by atoms with Crippen molar-refractivity contribution < 1.29 is 4.39 Å². The van der Waals surface area contributed by atoms with Crippen LogP contribution in [0.2, 0.25) is 0 Å². The zero-order chi connectivity index (χ0) is 13.7. The molecule has 1 aromatic rings. The molecule has 0 spiro atoms. The molecule has 20 heavy (non-hydrogen) atoms. The van der Waals surface area contributed by atoms with Gasteiger partial charge in [0, 0.05) is 12.6 Å². The molecule has 4 aliphatic carbocycles. The molecule has 4 bridgehead atoms. The summed E-state index contributed by atoms with van der Waals surface area (Å²) in [4.78, 5) is 0. The van der Waals surface area contributed by atoms with E-state index in [4.69, 9.17) is 0 Å². The van der Waals surface area contributed by atoms with E-state index in [1.807, 2.05) is 13.0 Å². The van der Waals surface area contributed by atoms with Crippen molar-refractivity contribution in [3.05, 3.63) is 35.1 Å². The molecule has 108 valence electrons. The predicted octanol–water partition coefficient (Wildman–Crippen LogP) is 4.05. The van der Waals surface area contributed by atoms with Gasteiger partial charge in [-0.15, -0.1) is 0 Å². The Morgan fingerprint density at radius 3 is 2.30 bits per heavy atom. The van der Waals surface area contributed by atoms with Crippen LogP contribution in [0.1, 0.15) is 43.2 Å². The highest BCUT2D eigenvalue weighted by atomic mass is 19.1. The first-order chi connectivity index (χ1) is 9.69. The minimum absolute atomic E-state index is 0.124. The van der Waals surface area contributed by atoms with E-state index in [2.05, 4.69) is 5.32 Å². The second-order valence-corrected chi connectivity index (χ2v) is 7.41. The van der Waals surface area contributed by atoms with Crippen LogP contribution in [-0.4, -0.2) is 6.04 Å². The van der Waals surface area contributed by atoms with Gasteiger partial charge in [0.05, 0.1) is 0 Å². The molecule has 1 aromatic carbocycles. The summed E-state index contributed by atoms with van der Waals surface area (Å²) in [5.41, 5.74) is 2.32. The van der Waals surface area contributed by atoms with E-state index in [1.54, 1.807) is 12.1 Å². The van der Waals surface area contributed by atoms with Crippen molar-refractivity contribution in [3.63, 3.8) is 0 Å². The van der Waals surface area contributed by atoms with Gasteiger partial charge < -0.3 is 5.32 Å². The predicted molar refractivity (Wildman–Crippen MR) is 78.8 cm³/mol. The number of hydrogen-bond acceptors (Lipinski definition) is 1. The molecule has 0 atom stereocenters. The van der Waals surface area contributed by atoms with Crippen LogP contribution in [0.25, 0.3) is 0 Å². The van der Waals surface area contributed by atoms with E-state index in [1.165, 1.54) is 37.7 Å². The highest BCUT2D eigenvalue weighted by Gasteiger charge is 2.47. The lowest BCUT2D eigenvalue weighted by atomic mass is 9.54. The minimum Gasteiger partial charge on any atom is -0.309 e. The standard InChI is InChI=1S/C18H24FN/c1-11-4-17(19)3-2-14(11)10-20-18-15-6-12-5-13(8-15)9-16(18)7-12/h2-4,12-13,15-16,18,20H,5-10H2,1H3. The molecule has 4 saturated carbocycles. The van der Waals surface area contributed by atoms with Gasteiger partial charge in [-0.25, -0.2) is 4.39 Å². The molecule has 0 unspecified atom stereocenters. The maximum atomic E-state index is 13.2. The summed E-state index contributed by atoms with van der Waals surface area (Å²) in [6.45, 7) is 2.91. The topological polar surface area (TPSA) is 12.0 Å². The van der Waals surface area contributed by atoms with E-state index in [9.17, 15) is 4.39 Å². The Bertz CT molecular complexity index is 482. The molecule has 0 heterocycles. The van der Waals surface area contributed by atoms with Crippen LogP contribution in [0.5, 0.6) is 0 Å². The molecule has 0 aliphatic heterocycles. The molecular weight excluding hydrogens is 249 g/mol. The number of halogens is 1. The second-order valence-electron chi connectivity index (χ2n) is 7.41. The zero-order valence-corrected chi connectivity index (χ0v) is 12.2.